The lowest BCUT2D eigenvalue weighted by atomic mass is 10.2. The fraction of sp³-hybridized carbons (Fsp3) is 0.733. The van der Waals surface area contributed by atoms with Crippen molar-refractivity contribution in [3.05, 3.63) is 12.7 Å². The molecule has 0 spiro atoms. The number of hydrogen-bond acceptors (Lipinski definition) is 3. The summed E-state index contributed by atoms with van der Waals surface area (Å²) in [6.45, 7) is 7.17. The number of amides is 1. The zero-order chi connectivity index (χ0) is 15.7. The fourth-order valence-corrected chi connectivity index (χ4v) is 2.55. The van der Waals surface area contributed by atoms with E-state index in [1.54, 1.807) is 18.0 Å². The molecule has 1 amide bonds. The molecule has 0 aromatic carbocycles. The molecule has 0 bridgehead atoms. The maximum absolute atomic E-state index is 12.1. The van der Waals surface area contributed by atoms with E-state index in [2.05, 4.69) is 27.1 Å². The van der Waals surface area contributed by atoms with Gasteiger partial charge in [0.2, 0.25) is 5.91 Å². The Labute approximate surface area is 128 Å². The molecule has 1 fully saturated rings. The lowest BCUT2D eigenvalue weighted by Crippen LogP contribution is -2.44. The molecule has 6 nitrogen and oxygen atoms in total. The van der Waals surface area contributed by atoms with Crippen LogP contribution in [0.2, 0.25) is 0 Å². The first-order valence-corrected chi connectivity index (χ1v) is 7.60. The molecule has 0 aromatic rings. The minimum absolute atomic E-state index is 0.0678. The predicted octanol–water partition coefficient (Wildman–Crippen LogP) is 0.280. The van der Waals surface area contributed by atoms with Gasteiger partial charge in [0.25, 0.3) is 0 Å². The Morgan fingerprint density at radius 2 is 2.24 bits per heavy atom. The maximum atomic E-state index is 12.1. The van der Waals surface area contributed by atoms with E-state index < -0.39 is 0 Å². The second-order valence-electron chi connectivity index (χ2n) is 5.45. The topological polar surface area (TPSA) is 60.0 Å². The minimum Gasteiger partial charge on any atom is -0.356 e. The number of aliphatic imine (C=N–C) groups is 1. The Hall–Kier alpha value is -1.56. The Kier molecular flexibility index (Phi) is 7.82. The molecule has 1 unspecified atom stereocenters. The Balaban J connectivity index is 2.28. The van der Waals surface area contributed by atoms with Crippen molar-refractivity contribution in [1.29, 1.82) is 0 Å². The van der Waals surface area contributed by atoms with Crippen molar-refractivity contribution in [2.45, 2.75) is 25.3 Å². The van der Waals surface area contributed by atoms with Crippen LogP contribution in [0.15, 0.2) is 17.6 Å². The van der Waals surface area contributed by atoms with Crippen LogP contribution in [0.25, 0.3) is 0 Å². The third-order valence-electron chi connectivity index (χ3n) is 3.64. The molecule has 2 N–H and O–H groups in total. The monoisotopic (exact) mass is 295 g/mol. The van der Waals surface area contributed by atoms with Crippen molar-refractivity contribution >= 4 is 11.9 Å². The van der Waals surface area contributed by atoms with Crippen molar-refractivity contribution in [2.24, 2.45) is 4.99 Å². The van der Waals surface area contributed by atoms with E-state index in [9.17, 15) is 4.79 Å². The molecule has 21 heavy (non-hydrogen) atoms. The lowest BCUT2D eigenvalue weighted by Gasteiger charge is -2.26. The van der Waals surface area contributed by atoms with E-state index in [0.717, 1.165) is 44.9 Å². The van der Waals surface area contributed by atoms with E-state index >= 15 is 0 Å². The molecular weight excluding hydrogens is 266 g/mol. The molecule has 0 aliphatic carbocycles. The van der Waals surface area contributed by atoms with Crippen LogP contribution in [-0.4, -0.2) is 75.0 Å². The standard InChI is InChI=1S/C15H29N5O/c1-5-9-17-15(16-2)18-10-7-12-20-11-6-8-13(20)14(21)19(3)4/h5,13H,1,6-12H2,2-4H3,(H2,16,17,18). The Morgan fingerprint density at radius 3 is 2.86 bits per heavy atom. The molecule has 1 saturated heterocycles. The van der Waals surface area contributed by atoms with Crippen LogP contribution in [0.4, 0.5) is 0 Å². The van der Waals surface area contributed by atoms with Gasteiger partial charge in [0.15, 0.2) is 5.96 Å². The van der Waals surface area contributed by atoms with Crippen molar-refractivity contribution in [2.75, 3.05) is 47.3 Å². The van der Waals surface area contributed by atoms with Crippen LogP contribution in [0.3, 0.4) is 0 Å². The number of guanidine groups is 1. The lowest BCUT2D eigenvalue weighted by molar-refractivity contribution is -0.133. The molecule has 1 aliphatic rings. The first-order valence-electron chi connectivity index (χ1n) is 7.60. The highest BCUT2D eigenvalue weighted by atomic mass is 16.2. The zero-order valence-electron chi connectivity index (χ0n) is 13.6. The number of nitrogens with one attached hydrogen (secondary N) is 2. The van der Waals surface area contributed by atoms with Crippen LogP contribution in [0.5, 0.6) is 0 Å². The first-order chi connectivity index (χ1) is 10.1. The van der Waals surface area contributed by atoms with Crippen LogP contribution < -0.4 is 10.6 Å². The van der Waals surface area contributed by atoms with Crippen LogP contribution in [0, 0.1) is 0 Å². The van der Waals surface area contributed by atoms with E-state index in [0.29, 0.717) is 6.54 Å². The largest absolute Gasteiger partial charge is 0.356 e. The van der Waals surface area contributed by atoms with Gasteiger partial charge in [-0.3, -0.25) is 14.7 Å². The number of hydrogen-bond donors (Lipinski definition) is 2. The molecule has 120 valence electrons. The Morgan fingerprint density at radius 1 is 1.48 bits per heavy atom. The van der Waals surface area contributed by atoms with E-state index in [1.807, 2.05) is 14.1 Å². The van der Waals surface area contributed by atoms with Crippen molar-refractivity contribution in [3.63, 3.8) is 0 Å². The van der Waals surface area contributed by atoms with Gasteiger partial charge in [-0.05, 0) is 25.8 Å². The molecule has 0 saturated carbocycles. The van der Waals surface area contributed by atoms with E-state index in [4.69, 9.17) is 0 Å². The summed E-state index contributed by atoms with van der Waals surface area (Å²) in [5, 5.41) is 6.40. The SMILES string of the molecule is C=CCNC(=NC)NCCCN1CCCC1C(=O)N(C)C. The second-order valence-corrected chi connectivity index (χ2v) is 5.45. The van der Waals surface area contributed by atoms with Crippen molar-refractivity contribution in [1.82, 2.24) is 20.4 Å². The van der Waals surface area contributed by atoms with E-state index in [1.165, 1.54) is 0 Å². The highest BCUT2D eigenvalue weighted by molar-refractivity contribution is 5.81. The summed E-state index contributed by atoms with van der Waals surface area (Å²) in [6.07, 6.45) is 4.88. The summed E-state index contributed by atoms with van der Waals surface area (Å²) in [7, 11) is 5.41. The number of rotatable bonds is 7. The number of nitrogens with zero attached hydrogens (tertiary/aromatic N) is 3. The van der Waals surface area contributed by atoms with Crippen LogP contribution in [-0.2, 0) is 4.79 Å². The molecule has 1 rings (SSSR count). The summed E-state index contributed by atoms with van der Waals surface area (Å²) in [5.74, 6) is 1.01. The number of likely N-dealkylation sites (tertiary alicyclic amines) is 1. The normalized spacial score (nSPS) is 19.4. The van der Waals surface area contributed by atoms with Gasteiger partial charge < -0.3 is 15.5 Å². The van der Waals surface area contributed by atoms with Crippen molar-refractivity contribution in [3.8, 4) is 0 Å². The molecule has 1 heterocycles. The average molecular weight is 295 g/mol. The molecule has 1 atom stereocenters. The summed E-state index contributed by atoms with van der Waals surface area (Å²) in [5.41, 5.74) is 0. The highest BCUT2D eigenvalue weighted by Crippen LogP contribution is 2.18. The zero-order valence-corrected chi connectivity index (χ0v) is 13.6. The van der Waals surface area contributed by atoms with E-state index in [-0.39, 0.29) is 11.9 Å². The third kappa shape index (κ3) is 5.75. The van der Waals surface area contributed by atoms with Gasteiger partial charge >= 0.3 is 0 Å². The van der Waals surface area contributed by atoms with Crippen LogP contribution >= 0.6 is 0 Å². The number of carbonyl (C=O) groups excluding carboxylic acids is 1. The van der Waals surface area contributed by atoms with Crippen LogP contribution in [0.1, 0.15) is 19.3 Å². The summed E-state index contributed by atoms with van der Waals surface area (Å²) < 4.78 is 0. The van der Waals surface area contributed by atoms with Crippen molar-refractivity contribution < 1.29 is 4.79 Å². The molecule has 0 radical (unpaired) electrons. The molecule has 0 aromatic heterocycles. The fourth-order valence-electron chi connectivity index (χ4n) is 2.55. The van der Waals surface area contributed by atoms with Gasteiger partial charge in [0, 0.05) is 40.8 Å². The van der Waals surface area contributed by atoms with Gasteiger partial charge in [0.1, 0.15) is 0 Å². The third-order valence-corrected chi connectivity index (χ3v) is 3.64. The first kappa shape index (κ1) is 17.5. The molecule has 6 heteroatoms. The molecule has 1 aliphatic heterocycles. The number of likely N-dealkylation sites (N-methyl/N-ethyl adjacent to an activating group) is 1. The average Bonchev–Trinajstić information content (AvgIpc) is 2.93. The smallest absolute Gasteiger partial charge is 0.239 e. The maximum Gasteiger partial charge on any atom is 0.239 e. The second kappa shape index (κ2) is 9.39. The highest BCUT2D eigenvalue weighted by Gasteiger charge is 2.30. The van der Waals surface area contributed by atoms with Gasteiger partial charge in [-0.2, -0.15) is 0 Å². The quantitative estimate of drug-likeness (QED) is 0.307. The summed E-state index contributed by atoms with van der Waals surface area (Å²) in [6, 6.07) is 0.0678. The molecular formula is C15H29N5O. The van der Waals surface area contributed by atoms with Gasteiger partial charge in [-0.25, -0.2) is 0 Å². The minimum atomic E-state index is 0.0678. The van der Waals surface area contributed by atoms with Gasteiger partial charge in [-0.1, -0.05) is 6.08 Å². The summed E-state index contributed by atoms with van der Waals surface area (Å²) >= 11 is 0. The Bertz CT molecular complexity index is 367. The van der Waals surface area contributed by atoms with Gasteiger partial charge in [-0.15, -0.1) is 6.58 Å². The predicted molar refractivity (Wildman–Crippen MR) is 87.5 cm³/mol. The number of carbonyl (C=O) groups is 1. The van der Waals surface area contributed by atoms with Gasteiger partial charge in [0.05, 0.1) is 6.04 Å². The summed E-state index contributed by atoms with van der Waals surface area (Å²) in [4.78, 5) is 20.2.